The van der Waals surface area contributed by atoms with Gasteiger partial charge in [-0.15, -0.1) is 0 Å². The van der Waals surface area contributed by atoms with Crippen LogP contribution >= 0.6 is 0 Å². The average Bonchev–Trinajstić information content (AvgIpc) is 2.25. The minimum absolute atomic E-state index is 0.311. The summed E-state index contributed by atoms with van der Waals surface area (Å²) >= 11 is 0. The minimum Gasteiger partial charge on any atom is -0.463 e. The molecule has 0 aromatic heterocycles. The van der Waals surface area contributed by atoms with Gasteiger partial charge in [0, 0.05) is 6.42 Å². The van der Waals surface area contributed by atoms with E-state index in [0.717, 1.165) is 6.92 Å². The zero-order valence-corrected chi connectivity index (χ0v) is 11.2. The van der Waals surface area contributed by atoms with Crippen molar-refractivity contribution >= 4 is 5.97 Å². The number of esters is 1. The standard InChI is InChI=1S/C11H14F8O2/c1-3-8(2,12)7(20)21-5-4-9(13,14)6-10(15,16)11(17,18)19/h3-6H2,1-2H3. The molecular formula is C11H14F8O2. The third-order valence-corrected chi connectivity index (χ3v) is 2.69. The van der Waals surface area contributed by atoms with E-state index >= 15 is 0 Å². The van der Waals surface area contributed by atoms with Gasteiger partial charge in [-0.3, -0.25) is 0 Å². The molecule has 0 spiro atoms. The van der Waals surface area contributed by atoms with E-state index < -0.39 is 49.1 Å². The Bertz CT molecular complexity index is 362. The Kier molecular flexibility index (Phi) is 6.02. The fraction of sp³-hybridized carbons (Fsp3) is 0.909. The second-order valence-electron chi connectivity index (χ2n) is 4.67. The van der Waals surface area contributed by atoms with E-state index in [2.05, 4.69) is 4.74 Å². The Morgan fingerprint density at radius 2 is 1.48 bits per heavy atom. The summed E-state index contributed by atoms with van der Waals surface area (Å²) in [5, 5.41) is 0. The fourth-order valence-corrected chi connectivity index (χ4v) is 1.10. The number of carbonyl (C=O) groups is 1. The molecule has 0 fully saturated rings. The van der Waals surface area contributed by atoms with Gasteiger partial charge in [-0.25, -0.2) is 18.0 Å². The first-order valence-corrected chi connectivity index (χ1v) is 5.83. The van der Waals surface area contributed by atoms with Crippen LogP contribution < -0.4 is 0 Å². The number of hydrogen-bond donors (Lipinski definition) is 0. The van der Waals surface area contributed by atoms with Crippen molar-refractivity contribution in [2.45, 2.75) is 56.8 Å². The first-order chi connectivity index (χ1) is 9.15. The van der Waals surface area contributed by atoms with Crippen LogP contribution in [0.3, 0.4) is 0 Å². The summed E-state index contributed by atoms with van der Waals surface area (Å²) in [7, 11) is 0. The van der Waals surface area contributed by atoms with Gasteiger partial charge in [0.05, 0.1) is 13.0 Å². The van der Waals surface area contributed by atoms with Gasteiger partial charge in [-0.1, -0.05) is 6.92 Å². The van der Waals surface area contributed by atoms with Crippen LogP contribution in [0.2, 0.25) is 0 Å². The summed E-state index contributed by atoms with van der Waals surface area (Å²) in [6.07, 6.45) is -10.7. The molecule has 0 bridgehead atoms. The summed E-state index contributed by atoms with van der Waals surface area (Å²) in [5.74, 6) is -11.5. The molecule has 0 rings (SSSR count). The van der Waals surface area contributed by atoms with E-state index in [1.165, 1.54) is 6.92 Å². The van der Waals surface area contributed by atoms with Crippen LogP contribution in [0.1, 0.15) is 33.1 Å². The second-order valence-corrected chi connectivity index (χ2v) is 4.67. The highest BCUT2D eigenvalue weighted by molar-refractivity contribution is 5.78. The lowest BCUT2D eigenvalue weighted by molar-refractivity contribution is -0.301. The molecule has 1 atom stereocenters. The number of ether oxygens (including phenoxy) is 1. The summed E-state index contributed by atoms with van der Waals surface area (Å²) in [6.45, 7) is 0.935. The summed E-state index contributed by atoms with van der Waals surface area (Å²) < 4.78 is 104. The average molecular weight is 330 g/mol. The topological polar surface area (TPSA) is 26.3 Å². The smallest absolute Gasteiger partial charge is 0.453 e. The number of halogens is 8. The Labute approximate surface area is 115 Å². The van der Waals surface area contributed by atoms with Crippen molar-refractivity contribution in [2.75, 3.05) is 6.61 Å². The van der Waals surface area contributed by atoms with Crippen molar-refractivity contribution < 1.29 is 44.7 Å². The van der Waals surface area contributed by atoms with Crippen molar-refractivity contribution in [3.8, 4) is 0 Å². The Morgan fingerprint density at radius 3 is 1.86 bits per heavy atom. The van der Waals surface area contributed by atoms with Crippen LogP contribution in [0.25, 0.3) is 0 Å². The molecule has 21 heavy (non-hydrogen) atoms. The van der Waals surface area contributed by atoms with Crippen LogP contribution in [-0.4, -0.2) is 36.3 Å². The summed E-state index contributed by atoms with van der Waals surface area (Å²) in [6, 6.07) is 0. The van der Waals surface area contributed by atoms with E-state index in [1.54, 1.807) is 0 Å². The van der Waals surface area contributed by atoms with E-state index in [9.17, 15) is 39.9 Å². The maximum absolute atomic E-state index is 13.3. The molecule has 0 aliphatic rings. The molecule has 10 heteroatoms. The molecule has 0 amide bonds. The molecule has 0 aromatic rings. The third kappa shape index (κ3) is 6.04. The van der Waals surface area contributed by atoms with Crippen molar-refractivity contribution in [3.05, 3.63) is 0 Å². The maximum Gasteiger partial charge on any atom is 0.453 e. The molecule has 1 unspecified atom stereocenters. The summed E-state index contributed by atoms with van der Waals surface area (Å²) in [4.78, 5) is 11.1. The number of hydrogen-bond acceptors (Lipinski definition) is 2. The molecule has 126 valence electrons. The normalized spacial score (nSPS) is 16.5. The molecule has 0 saturated carbocycles. The van der Waals surface area contributed by atoms with Crippen LogP contribution in [0.5, 0.6) is 0 Å². The zero-order chi connectivity index (χ0) is 17.1. The third-order valence-electron chi connectivity index (χ3n) is 2.69. The Hall–Kier alpha value is -1.09. The quantitative estimate of drug-likeness (QED) is 0.514. The monoisotopic (exact) mass is 330 g/mol. The second kappa shape index (κ2) is 6.35. The van der Waals surface area contributed by atoms with Crippen LogP contribution in [-0.2, 0) is 9.53 Å². The molecule has 2 nitrogen and oxygen atoms in total. The highest BCUT2D eigenvalue weighted by Gasteiger charge is 2.61. The lowest BCUT2D eigenvalue weighted by Gasteiger charge is -2.25. The molecule has 0 aliphatic carbocycles. The fourth-order valence-electron chi connectivity index (χ4n) is 1.10. The van der Waals surface area contributed by atoms with E-state index in [0.29, 0.717) is 0 Å². The van der Waals surface area contributed by atoms with Gasteiger partial charge >= 0.3 is 18.1 Å². The van der Waals surface area contributed by atoms with Crippen molar-refractivity contribution in [2.24, 2.45) is 0 Å². The number of alkyl halides is 8. The van der Waals surface area contributed by atoms with Crippen molar-refractivity contribution in [1.29, 1.82) is 0 Å². The zero-order valence-electron chi connectivity index (χ0n) is 11.2. The lowest BCUT2D eigenvalue weighted by Crippen LogP contribution is -2.42. The largest absolute Gasteiger partial charge is 0.463 e. The number of carbonyl (C=O) groups excluding carboxylic acids is 1. The van der Waals surface area contributed by atoms with Crippen LogP contribution in [0, 0.1) is 0 Å². The molecule has 0 saturated heterocycles. The SMILES string of the molecule is CCC(C)(F)C(=O)OCCC(F)(F)CC(F)(F)C(F)(F)F. The molecule has 0 heterocycles. The predicted octanol–water partition coefficient (Wildman–Crippen LogP) is 4.28. The van der Waals surface area contributed by atoms with Gasteiger partial charge in [0.25, 0.3) is 5.92 Å². The van der Waals surface area contributed by atoms with E-state index in [-0.39, 0.29) is 6.42 Å². The van der Waals surface area contributed by atoms with Gasteiger partial charge in [0.2, 0.25) is 5.67 Å². The Balaban J connectivity index is 4.49. The van der Waals surface area contributed by atoms with Crippen LogP contribution in [0.4, 0.5) is 35.1 Å². The van der Waals surface area contributed by atoms with Gasteiger partial charge in [-0.2, -0.15) is 22.0 Å². The first-order valence-electron chi connectivity index (χ1n) is 5.83. The van der Waals surface area contributed by atoms with Gasteiger partial charge < -0.3 is 4.74 Å². The minimum atomic E-state index is -6.10. The van der Waals surface area contributed by atoms with E-state index in [4.69, 9.17) is 0 Å². The number of rotatable bonds is 7. The predicted molar refractivity (Wildman–Crippen MR) is 55.9 cm³/mol. The molecular weight excluding hydrogens is 316 g/mol. The summed E-state index contributed by atoms with van der Waals surface area (Å²) in [5.41, 5.74) is -2.44. The first kappa shape index (κ1) is 19.9. The van der Waals surface area contributed by atoms with Gasteiger partial charge in [-0.05, 0) is 13.3 Å². The highest BCUT2D eigenvalue weighted by Crippen LogP contribution is 2.43. The van der Waals surface area contributed by atoms with E-state index in [1.807, 2.05) is 0 Å². The Morgan fingerprint density at radius 1 is 1.00 bits per heavy atom. The molecule has 0 radical (unpaired) electrons. The molecule has 0 aromatic carbocycles. The molecule has 0 aliphatic heterocycles. The maximum atomic E-state index is 13.3. The van der Waals surface area contributed by atoms with Crippen molar-refractivity contribution in [1.82, 2.24) is 0 Å². The van der Waals surface area contributed by atoms with Crippen molar-refractivity contribution in [3.63, 3.8) is 0 Å². The van der Waals surface area contributed by atoms with Gasteiger partial charge in [0.15, 0.2) is 0 Å². The molecule has 0 N–H and O–H groups in total. The van der Waals surface area contributed by atoms with Gasteiger partial charge in [0.1, 0.15) is 0 Å². The lowest BCUT2D eigenvalue weighted by atomic mass is 10.1. The van der Waals surface area contributed by atoms with Crippen LogP contribution in [0.15, 0.2) is 0 Å². The highest BCUT2D eigenvalue weighted by atomic mass is 19.4.